The minimum absolute atomic E-state index is 0.822. The predicted molar refractivity (Wildman–Crippen MR) is 97.0 cm³/mol. The van der Waals surface area contributed by atoms with Crippen LogP contribution in [0, 0.1) is 6.92 Å². The van der Waals surface area contributed by atoms with Gasteiger partial charge in [-0.15, -0.1) is 0 Å². The van der Waals surface area contributed by atoms with Crippen LogP contribution < -0.4 is 5.73 Å². The zero-order valence-electron chi connectivity index (χ0n) is 12.7. The van der Waals surface area contributed by atoms with Gasteiger partial charge in [0.1, 0.15) is 0 Å². The van der Waals surface area contributed by atoms with E-state index in [2.05, 4.69) is 61.5 Å². The van der Waals surface area contributed by atoms with Crippen molar-refractivity contribution in [1.82, 2.24) is 0 Å². The van der Waals surface area contributed by atoms with Crippen LogP contribution in [0.3, 0.4) is 0 Å². The third-order valence-corrected chi connectivity index (χ3v) is 3.84. The highest BCUT2D eigenvalue weighted by Crippen LogP contribution is 2.27. The van der Waals surface area contributed by atoms with Gasteiger partial charge in [-0.05, 0) is 52.2 Å². The first kappa shape index (κ1) is 14.2. The lowest BCUT2D eigenvalue weighted by molar-refractivity contribution is 1.58. The molecule has 0 bridgehead atoms. The Labute approximate surface area is 131 Å². The van der Waals surface area contributed by atoms with E-state index in [4.69, 9.17) is 5.73 Å². The normalized spacial score (nSPS) is 10.2. The molecule has 2 N–H and O–H groups in total. The van der Waals surface area contributed by atoms with Crippen molar-refractivity contribution in [1.29, 1.82) is 0 Å². The van der Waals surface area contributed by atoms with Crippen LogP contribution in [-0.2, 0) is 0 Å². The smallest absolute Gasteiger partial charge is 0.0313 e. The molecule has 4 aromatic rings. The summed E-state index contributed by atoms with van der Waals surface area (Å²) < 4.78 is 0. The van der Waals surface area contributed by atoms with E-state index in [1.54, 1.807) is 0 Å². The number of hydrogen-bond donors (Lipinski definition) is 1. The maximum absolute atomic E-state index is 5.36. The van der Waals surface area contributed by atoms with Crippen molar-refractivity contribution in [2.75, 3.05) is 5.73 Å². The lowest BCUT2D eigenvalue weighted by Gasteiger charge is -2.06. The molecule has 0 aliphatic carbocycles. The van der Waals surface area contributed by atoms with Crippen LogP contribution in [0.15, 0.2) is 84.9 Å². The average Bonchev–Trinajstić information content (AvgIpc) is 2.57. The van der Waals surface area contributed by atoms with Crippen molar-refractivity contribution < 1.29 is 0 Å². The maximum Gasteiger partial charge on any atom is 0.0313 e. The summed E-state index contributed by atoms with van der Waals surface area (Å²) in [5.41, 5.74) is 7.56. The van der Waals surface area contributed by atoms with Crippen molar-refractivity contribution in [3.8, 4) is 0 Å². The van der Waals surface area contributed by atoms with E-state index in [-0.39, 0.29) is 0 Å². The van der Waals surface area contributed by atoms with E-state index in [1.165, 1.54) is 27.1 Å². The Bertz CT molecular complexity index is 841. The molecule has 1 nitrogen and oxygen atoms in total. The summed E-state index contributed by atoms with van der Waals surface area (Å²) in [7, 11) is 0. The molecule has 0 aliphatic rings. The maximum atomic E-state index is 5.36. The van der Waals surface area contributed by atoms with Crippen molar-refractivity contribution >= 4 is 27.2 Å². The van der Waals surface area contributed by atoms with Crippen molar-refractivity contribution in [3.63, 3.8) is 0 Å². The molecular formula is C21H19N. The molecule has 0 aromatic heterocycles. The van der Waals surface area contributed by atoms with Gasteiger partial charge >= 0.3 is 0 Å². The van der Waals surface area contributed by atoms with Crippen LogP contribution in [0.2, 0.25) is 0 Å². The highest BCUT2D eigenvalue weighted by Gasteiger charge is 2.01. The molecule has 0 amide bonds. The number of para-hydroxylation sites is 1. The summed E-state index contributed by atoms with van der Waals surface area (Å²) in [6, 6.07) is 28.9. The van der Waals surface area contributed by atoms with Gasteiger partial charge in [0.05, 0.1) is 0 Å². The van der Waals surface area contributed by atoms with E-state index in [1.807, 2.05) is 30.3 Å². The molecule has 108 valence electrons. The zero-order chi connectivity index (χ0) is 15.4. The number of aryl methyl sites for hydroxylation is 1. The molecular weight excluding hydrogens is 266 g/mol. The fourth-order valence-corrected chi connectivity index (χ4v) is 2.69. The Morgan fingerprint density at radius 1 is 0.591 bits per heavy atom. The Kier molecular flexibility index (Phi) is 4.06. The molecule has 0 radical (unpaired) electrons. The molecule has 0 heterocycles. The minimum Gasteiger partial charge on any atom is -0.399 e. The van der Waals surface area contributed by atoms with Gasteiger partial charge < -0.3 is 5.73 Å². The summed E-state index contributed by atoms with van der Waals surface area (Å²) in [5, 5.41) is 5.37. The van der Waals surface area contributed by atoms with Crippen LogP contribution in [0.1, 0.15) is 5.56 Å². The molecule has 4 rings (SSSR count). The van der Waals surface area contributed by atoms with Gasteiger partial charge in [-0.2, -0.15) is 0 Å². The quantitative estimate of drug-likeness (QED) is 0.332. The average molecular weight is 285 g/mol. The first-order valence-electron chi connectivity index (χ1n) is 7.43. The standard InChI is InChI=1S/C15H12.C6H7N/c1-11-14-8-4-2-6-12(14)10-13-7-3-5-9-15(11)13;7-6-4-2-1-3-5-6/h2-10H,1H3;1-5H,7H2. The van der Waals surface area contributed by atoms with Crippen molar-refractivity contribution in [2.24, 2.45) is 0 Å². The van der Waals surface area contributed by atoms with Crippen LogP contribution in [0.25, 0.3) is 21.5 Å². The van der Waals surface area contributed by atoms with E-state index in [0.717, 1.165) is 5.69 Å². The first-order chi connectivity index (χ1) is 10.8. The summed E-state index contributed by atoms with van der Waals surface area (Å²) in [6.07, 6.45) is 0. The Morgan fingerprint density at radius 2 is 1.05 bits per heavy atom. The fourth-order valence-electron chi connectivity index (χ4n) is 2.69. The first-order valence-corrected chi connectivity index (χ1v) is 7.43. The fraction of sp³-hybridized carbons (Fsp3) is 0.0476. The Balaban J connectivity index is 0.000000174. The van der Waals surface area contributed by atoms with Crippen LogP contribution in [0.5, 0.6) is 0 Å². The van der Waals surface area contributed by atoms with Gasteiger partial charge in [0.25, 0.3) is 0 Å². The third-order valence-electron chi connectivity index (χ3n) is 3.84. The minimum atomic E-state index is 0.822. The van der Waals surface area contributed by atoms with Gasteiger partial charge in [-0.25, -0.2) is 0 Å². The highest BCUT2D eigenvalue weighted by molar-refractivity contribution is 6.01. The Hall–Kier alpha value is -2.80. The van der Waals surface area contributed by atoms with E-state index >= 15 is 0 Å². The lowest BCUT2D eigenvalue weighted by Crippen LogP contribution is -1.81. The van der Waals surface area contributed by atoms with Gasteiger partial charge in [0, 0.05) is 5.69 Å². The summed E-state index contributed by atoms with van der Waals surface area (Å²) in [4.78, 5) is 0. The monoisotopic (exact) mass is 285 g/mol. The molecule has 4 aromatic carbocycles. The summed E-state index contributed by atoms with van der Waals surface area (Å²) in [5.74, 6) is 0. The van der Waals surface area contributed by atoms with Crippen LogP contribution in [-0.4, -0.2) is 0 Å². The SMILES string of the molecule is Cc1c2ccccc2cc2ccccc12.Nc1ccccc1. The predicted octanol–water partition coefficient (Wildman–Crippen LogP) is 5.57. The van der Waals surface area contributed by atoms with Gasteiger partial charge in [0.2, 0.25) is 0 Å². The molecule has 0 fully saturated rings. The number of rotatable bonds is 0. The molecule has 0 saturated carbocycles. The lowest BCUT2D eigenvalue weighted by atomic mass is 9.98. The summed E-state index contributed by atoms with van der Waals surface area (Å²) >= 11 is 0. The van der Waals surface area contributed by atoms with Crippen molar-refractivity contribution in [3.05, 3.63) is 90.5 Å². The number of hydrogen-bond acceptors (Lipinski definition) is 1. The van der Waals surface area contributed by atoms with Gasteiger partial charge in [-0.1, -0.05) is 66.7 Å². The molecule has 0 aliphatic heterocycles. The van der Waals surface area contributed by atoms with Crippen LogP contribution in [0.4, 0.5) is 5.69 Å². The van der Waals surface area contributed by atoms with Crippen LogP contribution >= 0.6 is 0 Å². The van der Waals surface area contributed by atoms with E-state index < -0.39 is 0 Å². The number of benzene rings is 4. The zero-order valence-corrected chi connectivity index (χ0v) is 12.7. The number of nitrogen functional groups attached to an aromatic ring is 1. The molecule has 0 atom stereocenters. The van der Waals surface area contributed by atoms with E-state index in [0.29, 0.717) is 0 Å². The third kappa shape index (κ3) is 2.94. The van der Waals surface area contributed by atoms with E-state index in [9.17, 15) is 0 Å². The second kappa shape index (κ2) is 6.31. The largest absolute Gasteiger partial charge is 0.399 e. The van der Waals surface area contributed by atoms with Gasteiger partial charge in [-0.3, -0.25) is 0 Å². The molecule has 1 heteroatoms. The molecule has 0 unspecified atom stereocenters. The second-order valence-corrected chi connectivity index (χ2v) is 5.35. The second-order valence-electron chi connectivity index (χ2n) is 5.35. The number of anilines is 1. The molecule has 0 spiro atoms. The number of fused-ring (bicyclic) bond motifs is 2. The van der Waals surface area contributed by atoms with Gasteiger partial charge in [0.15, 0.2) is 0 Å². The topological polar surface area (TPSA) is 26.0 Å². The summed E-state index contributed by atoms with van der Waals surface area (Å²) in [6.45, 7) is 2.20. The van der Waals surface area contributed by atoms with Crippen molar-refractivity contribution in [2.45, 2.75) is 6.92 Å². The molecule has 0 saturated heterocycles. The highest BCUT2D eigenvalue weighted by atomic mass is 14.5. The Morgan fingerprint density at radius 3 is 1.50 bits per heavy atom. The molecule has 22 heavy (non-hydrogen) atoms. The number of nitrogens with two attached hydrogens (primary N) is 1.